The topological polar surface area (TPSA) is 115 Å². The zero-order chi connectivity index (χ0) is 22.1. The number of pyridine rings is 2. The number of ether oxygens (including phenoxy) is 3. The van der Waals surface area contributed by atoms with Crippen molar-refractivity contribution in [3.63, 3.8) is 0 Å². The van der Waals surface area contributed by atoms with Gasteiger partial charge in [-0.2, -0.15) is 0 Å². The number of hydrogen-bond donors (Lipinski definition) is 2. The van der Waals surface area contributed by atoms with Crippen LogP contribution in [0, 0.1) is 5.41 Å². The van der Waals surface area contributed by atoms with Crippen LogP contribution in [0.15, 0.2) is 49.1 Å². The summed E-state index contributed by atoms with van der Waals surface area (Å²) in [6.07, 6.45) is 8.46. The number of nitrogens with one attached hydrogen (secondary N) is 2. The fourth-order valence-electron chi connectivity index (χ4n) is 2.75. The molecule has 0 atom stereocenters. The van der Waals surface area contributed by atoms with E-state index in [2.05, 4.69) is 25.3 Å². The summed E-state index contributed by atoms with van der Waals surface area (Å²) in [6, 6.07) is 7.35. The van der Waals surface area contributed by atoms with Crippen molar-refractivity contribution in [1.29, 1.82) is 5.41 Å². The molecule has 0 aliphatic carbocycles. The maximum atomic E-state index is 7.53. The van der Waals surface area contributed by atoms with Crippen LogP contribution in [0.25, 0.3) is 5.57 Å². The van der Waals surface area contributed by atoms with Gasteiger partial charge in [0, 0.05) is 44.0 Å². The SMILES string of the molecule is CN/C=C(\C=N)c1nccc(Cc2cnc(OCc3ccc(OC)cn3)c(OC)c2)n1. The molecule has 0 aromatic carbocycles. The Kier molecular flexibility index (Phi) is 7.47. The van der Waals surface area contributed by atoms with Crippen molar-refractivity contribution < 1.29 is 14.2 Å². The summed E-state index contributed by atoms with van der Waals surface area (Å²) in [5, 5.41) is 10.4. The Balaban J connectivity index is 1.72. The summed E-state index contributed by atoms with van der Waals surface area (Å²) in [7, 11) is 4.93. The average molecular weight is 420 g/mol. The van der Waals surface area contributed by atoms with Gasteiger partial charge in [0.05, 0.1) is 31.7 Å². The van der Waals surface area contributed by atoms with E-state index in [1.165, 1.54) is 6.21 Å². The molecule has 0 saturated heterocycles. The number of hydrogen-bond acceptors (Lipinski definition) is 9. The van der Waals surface area contributed by atoms with Crippen molar-refractivity contribution in [1.82, 2.24) is 25.3 Å². The summed E-state index contributed by atoms with van der Waals surface area (Å²) in [4.78, 5) is 17.5. The van der Waals surface area contributed by atoms with Gasteiger partial charge in [-0.1, -0.05) is 0 Å². The minimum Gasteiger partial charge on any atom is -0.495 e. The van der Waals surface area contributed by atoms with E-state index in [9.17, 15) is 0 Å². The van der Waals surface area contributed by atoms with Gasteiger partial charge in [0.2, 0.25) is 0 Å². The lowest BCUT2D eigenvalue weighted by atomic mass is 10.1. The van der Waals surface area contributed by atoms with Crippen molar-refractivity contribution in [2.45, 2.75) is 13.0 Å². The molecule has 0 fully saturated rings. The van der Waals surface area contributed by atoms with Gasteiger partial charge in [-0.25, -0.2) is 15.0 Å². The molecule has 9 heteroatoms. The maximum Gasteiger partial charge on any atom is 0.257 e. The molecule has 0 saturated carbocycles. The van der Waals surface area contributed by atoms with Gasteiger partial charge in [-0.05, 0) is 29.8 Å². The number of allylic oxidation sites excluding steroid dienone is 1. The Bertz CT molecular complexity index is 1050. The summed E-state index contributed by atoms with van der Waals surface area (Å²) in [5.41, 5.74) is 3.05. The lowest BCUT2D eigenvalue weighted by Gasteiger charge is -2.11. The van der Waals surface area contributed by atoms with Crippen molar-refractivity contribution in [2.24, 2.45) is 0 Å². The van der Waals surface area contributed by atoms with Gasteiger partial charge < -0.3 is 24.9 Å². The number of aromatic nitrogens is 4. The van der Waals surface area contributed by atoms with Crippen LogP contribution >= 0.6 is 0 Å². The van der Waals surface area contributed by atoms with E-state index < -0.39 is 0 Å². The molecule has 0 amide bonds. The van der Waals surface area contributed by atoms with E-state index in [1.807, 2.05) is 24.3 Å². The predicted molar refractivity (Wildman–Crippen MR) is 117 cm³/mol. The molecule has 0 aliphatic heterocycles. The highest BCUT2D eigenvalue weighted by atomic mass is 16.5. The fraction of sp³-hybridized carbons (Fsp3) is 0.227. The third-order valence-electron chi connectivity index (χ3n) is 4.30. The summed E-state index contributed by atoms with van der Waals surface area (Å²) >= 11 is 0. The minimum atomic E-state index is 0.256. The maximum absolute atomic E-state index is 7.53. The standard InChI is InChI=1S/C22H24N6O3/c1-24-12-16(10-23)21-25-7-6-17(28-21)8-15-9-20(30-3)22(27-11-15)31-14-18-4-5-19(29-2)13-26-18/h4-7,9-13,23-24H,8,14H2,1-3H3/b16-12+,23-10?. The first kappa shape index (κ1) is 21.7. The first-order valence-corrected chi connectivity index (χ1v) is 9.51. The van der Waals surface area contributed by atoms with E-state index >= 15 is 0 Å². The molecule has 3 aromatic rings. The van der Waals surface area contributed by atoms with Gasteiger partial charge in [0.25, 0.3) is 5.88 Å². The molecule has 160 valence electrons. The normalized spacial score (nSPS) is 11.0. The zero-order valence-corrected chi connectivity index (χ0v) is 17.6. The van der Waals surface area contributed by atoms with Crippen LogP contribution < -0.4 is 19.5 Å². The zero-order valence-electron chi connectivity index (χ0n) is 17.6. The van der Waals surface area contributed by atoms with Gasteiger partial charge >= 0.3 is 0 Å². The Labute approximate surface area is 180 Å². The van der Waals surface area contributed by atoms with Crippen LogP contribution in [-0.2, 0) is 13.0 Å². The van der Waals surface area contributed by atoms with Crippen LogP contribution in [0.1, 0.15) is 22.8 Å². The first-order chi connectivity index (χ1) is 15.2. The summed E-state index contributed by atoms with van der Waals surface area (Å²) in [5.74, 6) is 2.07. The van der Waals surface area contributed by atoms with Crippen LogP contribution in [-0.4, -0.2) is 47.4 Å². The lowest BCUT2D eigenvalue weighted by Crippen LogP contribution is -2.04. The van der Waals surface area contributed by atoms with Crippen molar-refractivity contribution in [2.75, 3.05) is 21.3 Å². The molecule has 31 heavy (non-hydrogen) atoms. The quantitative estimate of drug-likeness (QED) is 0.481. The Hall–Kier alpha value is -4.01. The molecule has 3 heterocycles. The van der Waals surface area contributed by atoms with E-state index in [-0.39, 0.29) is 6.61 Å². The Morgan fingerprint density at radius 3 is 2.61 bits per heavy atom. The lowest BCUT2D eigenvalue weighted by molar-refractivity contribution is 0.268. The molecule has 0 unspecified atom stereocenters. The molecule has 0 spiro atoms. The highest BCUT2D eigenvalue weighted by molar-refractivity contribution is 6.06. The van der Waals surface area contributed by atoms with Gasteiger partial charge in [-0.3, -0.25) is 4.98 Å². The molecule has 0 radical (unpaired) electrons. The number of nitrogens with zero attached hydrogens (tertiary/aromatic N) is 4. The third-order valence-corrected chi connectivity index (χ3v) is 4.30. The predicted octanol–water partition coefficient (Wildman–Crippen LogP) is 2.66. The summed E-state index contributed by atoms with van der Waals surface area (Å²) < 4.78 is 16.3. The van der Waals surface area contributed by atoms with Crippen LogP contribution in [0.4, 0.5) is 0 Å². The second-order valence-electron chi connectivity index (χ2n) is 6.41. The van der Waals surface area contributed by atoms with E-state index in [0.29, 0.717) is 35.2 Å². The molecule has 0 bridgehead atoms. The molecule has 0 aliphatic rings. The van der Waals surface area contributed by atoms with Gasteiger partial charge in [0.1, 0.15) is 12.4 Å². The van der Waals surface area contributed by atoms with Gasteiger partial charge in [-0.15, -0.1) is 0 Å². The third kappa shape index (κ3) is 5.75. The monoisotopic (exact) mass is 420 g/mol. The molecule has 9 nitrogen and oxygen atoms in total. The molecule has 3 rings (SSSR count). The number of methoxy groups -OCH3 is 2. The molecular weight excluding hydrogens is 396 g/mol. The second-order valence-corrected chi connectivity index (χ2v) is 6.41. The molecule has 2 N–H and O–H groups in total. The van der Waals surface area contributed by atoms with E-state index in [0.717, 1.165) is 17.0 Å². The summed E-state index contributed by atoms with van der Waals surface area (Å²) in [6.45, 7) is 0.256. The van der Waals surface area contributed by atoms with Crippen molar-refractivity contribution >= 4 is 11.8 Å². The van der Waals surface area contributed by atoms with Crippen LogP contribution in [0.5, 0.6) is 17.4 Å². The second kappa shape index (κ2) is 10.7. The largest absolute Gasteiger partial charge is 0.495 e. The molecule has 3 aromatic heterocycles. The van der Waals surface area contributed by atoms with Gasteiger partial charge in [0.15, 0.2) is 11.6 Å². The van der Waals surface area contributed by atoms with Crippen LogP contribution in [0.3, 0.4) is 0 Å². The van der Waals surface area contributed by atoms with Crippen molar-refractivity contribution in [3.8, 4) is 17.4 Å². The fourth-order valence-corrected chi connectivity index (χ4v) is 2.75. The smallest absolute Gasteiger partial charge is 0.257 e. The average Bonchev–Trinajstić information content (AvgIpc) is 2.82. The Morgan fingerprint density at radius 2 is 1.94 bits per heavy atom. The highest BCUT2D eigenvalue weighted by Crippen LogP contribution is 2.27. The molecular formula is C22H24N6O3. The number of rotatable bonds is 10. The van der Waals surface area contributed by atoms with Crippen molar-refractivity contribution in [3.05, 3.63) is 71.8 Å². The highest BCUT2D eigenvalue weighted by Gasteiger charge is 2.11. The van der Waals surface area contributed by atoms with E-state index in [4.69, 9.17) is 19.6 Å². The van der Waals surface area contributed by atoms with Crippen LogP contribution in [0.2, 0.25) is 0 Å². The Morgan fingerprint density at radius 1 is 1.06 bits per heavy atom. The minimum absolute atomic E-state index is 0.256. The first-order valence-electron chi connectivity index (χ1n) is 9.51. The van der Waals surface area contributed by atoms with E-state index in [1.54, 1.807) is 46.1 Å².